The van der Waals surface area contributed by atoms with Gasteiger partial charge in [0.1, 0.15) is 23.2 Å². The fraction of sp³-hybridized carbons (Fsp3) is 0.217. The average Bonchev–Trinajstić information content (AvgIpc) is 2.73. The van der Waals surface area contributed by atoms with Crippen LogP contribution in [0, 0.1) is 17.1 Å². The van der Waals surface area contributed by atoms with Crippen LogP contribution in [0.2, 0.25) is 0 Å². The highest BCUT2D eigenvalue weighted by atomic mass is 19.1. The average molecular weight is 393 g/mol. The van der Waals surface area contributed by atoms with Crippen LogP contribution >= 0.6 is 0 Å². The summed E-state index contributed by atoms with van der Waals surface area (Å²) in [7, 11) is 1.58. The summed E-state index contributed by atoms with van der Waals surface area (Å²) in [6.07, 6.45) is 0. The fourth-order valence-corrected chi connectivity index (χ4v) is 3.87. The van der Waals surface area contributed by atoms with E-state index in [4.69, 9.17) is 19.6 Å². The Hall–Kier alpha value is -3.41. The van der Waals surface area contributed by atoms with Crippen LogP contribution in [0.3, 0.4) is 0 Å². The maximum Gasteiger partial charge on any atom is 0.319 e. The standard InChI is InChI=1S/C23H20FNO4/c1-3-28-23(26)20-19(13-8-10-14(24)11-9-13)17-12-18(27-2)15-6-4-5-7-16(15)21(17)29-22(20)25/h4-12,19-20,25H,3H2,1-2H3. The van der Waals surface area contributed by atoms with Crippen molar-refractivity contribution in [3.8, 4) is 11.5 Å². The predicted octanol–water partition coefficient (Wildman–Crippen LogP) is 4.67. The van der Waals surface area contributed by atoms with E-state index >= 15 is 0 Å². The summed E-state index contributed by atoms with van der Waals surface area (Å²) in [6.45, 7) is 1.90. The molecule has 1 N–H and O–H groups in total. The Morgan fingerprint density at radius 2 is 1.83 bits per heavy atom. The second kappa shape index (κ2) is 7.54. The Labute approximate surface area is 167 Å². The summed E-state index contributed by atoms with van der Waals surface area (Å²) in [5, 5.41) is 10.1. The summed E-state index contributed by atoms with van der Waals surface area (Å²) >= 11 is 0. The number of methoxy groups -OCH3 is 1. The van der Waals surface area contributed by atoms with Gasteiger partial charge in [-0.15, -0.1) is 0 Å². The molecule has 1 heterocycles. The van der Waals surface area contributed by atoms with Crippen LogP contribution in [-0.4, -0.2) is 25.6 Å². The smallest absolute Gasteiger partial charge is 0.319 e. The molecule has 1 aliphatic heterocycles. The Kier molecular flexibility index (Phi) is 4.92. The molecule has 0 radical (unpaired) electrons. The van der Waals surface area contributed by atoms with Crippen molar-refractivity contribution in [2.24, 2.45) is 5.92 Å². The molecule has 3 aromatic rings. The fourth-order valence-electron chi connectivity index (χ4n) is 3.87. The van der Waals surface area contributed by atoms with Gasteiger partial charge in [-0.2, -0.15) is 0 Å². The van der Waals surface area contributed by atoms with Crippen LogP contribution in [-0.2, 0) is 9.53 Å². The normalized spacial score (nSPS) is 18.1. The first-order valence-electron chi connectivity index (χ1n) is 9.33. The van der Waals surface area contributed by atoms with E-state index in [2.05, 4.69) is 0 Å². The SMILES string of the molecule is CCOC(=O)C1C(=N)Oc2c(cc(OC)c3ccccc23)C1c1ccc(F)cc1. The molecular formula is C23H20FNO4. The van der Waals surface area contributed by atoms with Gasteiger partial charge in [-0.05, 0) is 30.7 Å². The monoisotopic (exact) mass is 393 g/mol. The molecule has 3 aromatic carbocycles. The van der Waals surface area contributed by atoms with Crippen LogP contribution in [0.5, 0.6) is 11.5 Å². The molecule has 0 amide bonds. The van der Waals surface area contributed by atoms with Gasteiger partial charge in [0, 0.05) is 22.3 Å². The molecule has 4 rings (SSSR count). The zero-order chi connectivity index (χ0) is 20.5. The number of ether oxygens (including phenoxy) is 3. The third kappa shape index (κ3) is 3.20. The lowest BCUT2D eigenvalue weighted by Crippen LogP contribution is -2.38. The molecule has 0 spiro atoms. The number of esters is 1. The number of nitrogens with one attached hydrogen (secondary N) is 1. The summed E-state index contributed by atoms with van der Waals surface area (Å²) in [6, 6.07) is 15.3. The van der Waals surface area contributed by atoms with E-state index in [0.717, 1.165) is 10.8 Å². The summed E-state index contributed by atoms with van der Waals surface area (Å²) in [4.78, 5) is 12.7. The van der Waals surface area contributed by atoms with Crippen molar-refractivity contribution >= 4 is 22.6 Å². The Morgan fingerprint density at radius 1 is 1.14 bits per heavy atom. The minimum atomic E-state index is -0.973. The minimum Gasteiger partial charge on any atom is -0.496 e. The molecule has 5 nitrogen and oxygen atoms in total. The first-order valence-corrected chi connectivity index (χ1v) is 9.33. The van der Waals surface area contributed by atoms with E-state index in [1.54, 1.807) is 26.2 Å². The van der Waals surface area contributed by atoms with Gasteiger partial charge in [-0.25, -0.2) is 4.39 Å². The number of fused-ring (bicyclic) bond motifs is 3. The number of rotatable bonds is 4. The molecule has 2 unspecified atom stereocenters. The van der Waals surface area contributed by atoms with Crippen LogP contribution in [0.25, 0.3) is 10.8 Å². The van der Waals surface area contributed by atoms with Crippen LogP contribution in [0.1, 0.15) is 24.0 Å². The van der Waals surface area contributed by atoms with Gasteiger partial charge in [0.15, 0.2) is 0 Å². The van der Waals surface area contributed by atoms with E-state index in [1.165, 1.54) is 12.1 Å². The van der Waals surface area contributed by atoms with E-state index in [1.807, 2.05) is 30.3 Å². The van der Waals surface area contributed by atoms with Crippen LogP contribution in [0.15, 0.2) is 54.6 Å². The van der Waals surface area contributed by atoms with Crippen LogP contribution < -0.4 is 9.47 Å². The van der Waals surface area contributed by atoms with Gasteiger partial charge in [0.2, 0.25) is 5.90 Å². The van der Waals surface area contributed by atoms with Crippen molar-refractivity contribution < 1.29 is 23.4 Å². The number of hydrogen-bond donors (Lipinski definition) is 1. The third-order valence-corrected chi connectivity index (χ3v) is 5.14. The van der Waals surface area contributed by atoms with Crippen molar-refractivity contribution in [1.29, 1.82) is 5.41 Å². The zero-order valence-electron chi connectivity index (χ0n) is 16.1. The van der Waals surface area contributed by atoms with E-state index < -0.39 is 17.8 Å². The largest absolute Gasteiger partial charge is 0.496 e. The van der Waals surface area contributed by atoms with E-state index in [0.29, 0.717) is 22.6 Å². The van der Waals surface area contributed by atoms with Crippen LogP contribution in [0.4, 0.5) is 4.39 Å². The second-order valence-electron chi connectivity index (χ2n) is 6.77. The maximum atomic E-state index is 13.6. The molecule has 0 fully saturated rings. The molecule has 148 valence electrons. The topological polar surface area (TPSA) is 68.6 Å². The van der Waals surface area contributed by atoms with Gasteiger partial charge in [0.05, 0.1) is 13.7 Å². The van der Waals surface area contributed by atoms with Gasteiger partial charge >= 0.3 is 5.97 Å². The second-order valence-corrected chi connectivity index (χ2v) is 6.77. The van der Waals surface area contributed by atoms with E-state index in [-0.39, 0.29) is 18.3 Å². The van der Waals surface area contributed by atoms with Gasteiger partial charge < -0.3 is 14.2 Å². The Morgan fingerprint density at radius 3 is 2.48 bits per heavy atom. The highest BCUT2D eigenvalue weighted by molar-refractivity contribution is 6.04. The zero-order valence-corrected chi connectivity index (χ0v) is 16.1. The number of hydrogen-bond acceptors (Lipinski definition) is 5. The van der Waals surface area contributed by atoms with Gasteiger partial charge in [-0.1, -0.05) is 36.4 Å². The highest BCUT2D eigenvalue weighted by Gasteiger charge is 2.43. The summed E-state index contributed by atoms with van der Waals surface area (Å²) in [5.74, 6) is -1.53. The first-order chi connectivity index (χ1) is 14.0. The molecule has 0 bridgehead atoms. The molecular weight excluding hydrogens is 373 g/mol. The molecule has 6 heteroatoms. The number of benzene rings is 3. The number of carbonyl (C=O) groups is 1. The maximum absolute atomic E-state index is 13.6. The third-order valence-electron chi connectivity index (χ3n) is 5.14. The molecule has 0 aromatic heterocycles. The highest BCUT2D eigenvalue weighted by Crippen LogP contribution is 2.48. The predicted molar refractivity (Wildman–Crippen MR) is 107 cm³/mol. The van der Waals surface area contributed by atoms with E-state index in [9.17, 15) is 9.18 Å². The molecule has 0 saturated carbocycles. The quantitative estimate of drug-likeness (QED) is 0.654. The summed E-state index contributed by atoms with van der Waals surface area (Å²) < 4.78 is 30.2. The minimum absolute atomic E-state index is 0.187. The number of carbonyl (C=O) groups excluding carboxylic acids is 1. The van der Waals surface area contributed by atoms with Crippen molar-refractivity contribution in [3.63, 3.8) is 0 Å². The molecule has 2 atom stereocenters. The molecule has 29 heavy (non-hydrogen) atoms. The van der Waals surface area contributed by atoms with Crippen molar-refractivity contribution in [1.82, 2.24) is 0 Å². The van der Waals surface area contributed by atoms with Crippen molar-refractivity contribution in [3.05, 3.63) is 71.5 Å². The molecule has 0 saturated heterocycles. The first kappa shape index (κ1) is 18.9. The Balaban J connectivity index is 2.00. The van der Waals surface area contributed by atoms with Gasteiger partial charge in [-0.3, -0.25) is 10.2 Å². The molecule has 1 aliphatic rings. The summed E-state index contributed by atoms with van der Waals surface area (Å²) in [5.41, 5.74) is 1.39. The van der Waals surface area contributed by atoms with Crippen molar-refractivity contribution in [2.75, 3.05) is 13.7 Å². The lowest BCUT2D eigenvalue weighted by Gasteiger charge is -2.33. The van der Waals surface area contributed by atoms with Gasteiger partial charge in [0.25, 0.3) is 0 Å². The lowest BCUT2D eigenvalue weighted by atomic mass is 9.77. The Bertz CT molecular complexity index is 1090. The number of halogens is 1. The molecule has 0 aliphatic carbocycles. The van der Waals surface area contributed by atoms with Crippen molar-refractivity contribution in [2.45, 2.75) is 12.8 Å². The lowest BCUT2D eigenvalue weighted by molar-refractivity contribution is -0.146.